The zero-order valence-electron chi connectivity index (χ0n) is 11.8. The summed E-state index contributed by atoms with van der Waals surface area (Å²) in [5.41, 5.74) is 11.3. The Kier molecular flexibility index (Phi) is 6.77. The number of benzene rings is 2. The van der Waals surface area contributed by atoms with E-state index in [-0.39, 0.29) is 30.7 Å². The molecule has 0 heterocycles. The quantitative estimate of drug-likeness (QED) is 0.886. The summed E-state index contributed by atoms with van der Waals surface area (Å²) < 4.78 is 0. The van der Waals surface area contributed by atoms with Crippen molar-refractivity contribution in [3.8, 4) is 11.1 Å². The zero-order chi connectivity index (χ0) is 13.3. The van der Waals surface area contributed by atoms with Gasteiger partial charge < -0.3 is 5.73 Å². The molecule has 0 spiro atoms. The van der Waals surface area contributed by atoms with E-state index in [0.717, 1.165) is 27.8 Å². The highest BCUT2D eigenvalue weighted by Crippen LogP contribution is 2.29. The minimum Gasteiger partial charge on any atom is -0.366 e. The SMILES string of the molecule is Cc1cc(-c2ccccc2)c(C)c(C(N)=O)c1C.Cl.Cl. The molecule has 0 atom stereocenters. The van der Waals surface area contributed by atoms with Gasteiger partial charge in [-0.25, -0.2) is 0 Å². The van der Waals surface area contributed by atoms with Crippen LogP contribution in [0.4, 0.5) is 0 Å². The Morgan fingerprint density at radius 3 is 2.00 bits per heavy atom. The molecule has 0 radical (unpaired) electrons. The van der Waals surface area contributed by atoms with E-state index in [1.807, 2.05) is 51.1 Å². The third kappa shape index (κ3) is 3.33. The van der Waals surface area contributed by atoms with Crippen molar-refractivity contribution in [2.75, 3.05) is 0 Å². The van der Waals surface area contributed by atoms with Crippen LogP contribution >= 0.6 is 24.8 Å². The Labute approximate surface area is 132 Å². The lowest BCUT2D eigenvalue weighted by Crippen LogP contribution is -2.16. The lowest BCUT2D eigenvalue weighted by Gasteiger charge is -2.15. The van der Waals surface area contributed by atoms with E-state index < -0.39 is 0 Å². The van der Waals surface area contributed by atoms with Gasteiger partial charge in [-0.3, -0.25) is 4.79 Å². The average Bonchev–Trinajstić information content (AvgIpc) is 2.34. The van der Waals surface area contributed by atoms with Crippen LogP contribution in [0.1, 0.15) is 27.0 Å². The van der Waals surface area contributed by atoms with Crippen LogP contribution in [0.2, 0.25) is 0 Å². The molecule has 2 nitrogen and oxygen atoms in total. The number of amides is 1. The Hall–Kier alpha value is -1.51. The summed E-state index contributed by atoms with van der Waals surface area (Å²) in [5, 5.41) is 0. The van der Waals surface area contributed by atoms with E-state index >= 15 is 0 Å². The van der Waals surface area contributed by atoms with Gasteiger partial charge in [0.2, 0.25) is 5.91 Å². The predicted molar refractivity (Wildman–Crippen MR) is 89.1 cm³/mol. The number of nitrogens with two attached hydrogens (primary N) is 1. The Morgan fingerprint density at radius 1 is 0.950 bits per heavy atom. The van der Waals surface area contributed by atoms with E-state index in [1.54, 1.807) is 0 Å². The van der Waals surface area contributed by atoms with Crippen LogP contribution < -0.4 is 5.73 Å². The highest BCUT2D eigenvalue weighted by atomic mass is 35.5. The van der Waals surface area contributed by atoms with E-state index in [4.69, 9.17) is 5.73 Å². The van der Waals surface area contributed by atoms with Gasteiger partial charge in [0.05, 0.1) is 0 Å². The van der Waals surface area contributed by atoms with Gasteiger partial charge in [-0.15, -0.1) is 24.8 Å². The first-order valence-electron chi connectivity index (χ1n) is 5.98. The van der Waals surface area contributed by atoms with E-state index in [2.05, 4.69) is 6.07 Å². The molecule has 0 saturated heterocycles. The number of hydrogen-bond donors (Lipinski definition) is 1. The third-order valence-electron chi connectivity index (χ3n) is 3.44. The summed E-state index contributed by atoms with van der Waals surface area (Å²) in [6, 6.07) is 12.2. The van der Waals surface area contributed by atoms with Crippen molar-refractivity contribution in [2.24, 2.45) is 5.73 Å². The summed E-state index contributed by atoms with van der Waals surface area (Å²) >= 11 is 0. The summed E-state index contributed by atoms with van der Waals surface area (Å²) in [5.74, 6) is -0.356. The number of carbonyl (C=O) groups excluding carboxylic acids is 1. The third-order valence-corrected chi connectivity index (χ3v) is 3.44. The number of carbonyl (C=O) groups is 1. The van der Waals surface area contributed by atoms with Crippen molar-refractivity contribution in [3.05, 3.63) is 58.7 Å². The van der Waals surface area contributed by atoms with Crippen molar-refractivity contribution in [1.29, 1.82) is 0 Å². The maximum absolute atomic E-state index is 11.6. The average molecular weight is 312 g/mol. The van der Waals surface area contributed by atoms with Crippen LogP contribution in [-0.2, 0) is 0 Å². The van der Waals surface area contributed by atoms with Crippen LogP contribution in [0, 0.1) is 20.8 Å². The summed E-state index contributed by atoms with van der Waals surface area (Å²) in [4.78, 5) is 11.6. The van der Waals surface area contributed by atoms with Gasteiger partial charge in [0.15, 0.2) is 0 Å². The fraction of sp³-hybridized carbons (Fsp3) is 0.188. The molecular formula is C16H19Cl2NO. The minimum absolute atomic E-state index is 0. The van der Waals surface area contributed by atoms with Crippen molar-refractivity contribution >= 4 is 30.7 Å². The largest absolute Gasteiger partial charge is 0.366 e. The van der Waals surface area contributed by atoms with Gasteiger partial charge in [-0.1, -0.05) is 36.4 Å². The number of hydrogen-bond acceptors (Lipinski definition) is 1. The Morgan fingerprint density at radius 2 is 1.50 bits per heavy atom. The van der Waals surface area contributed by atoms with E-state index in [9.17, 15) is 4.79 Å². The Balaban J connectivity index is 0.00000180. The summed E-state index contributed by atoms with van der Waals surface area (Å²) in [6.45, 7) is 5.90. The molecule has 0 aliphatic heterocycles. The molecule has 2 aromatic rings. The molecule has 0 saturated carbocycles. The van der Waals surface area contributed by atoms with E-state index in [1.165, 1.54) is 0 Å². The number of rotatable bonds is 2. The van der Waals surface area contributed by atoms with Gasteiger partial charge in [0, 0.05) is 5.56 Å². The van der Waals surface area contributed by atoms with Crippen LogP contribution in [0.5, 0.6) is 0 Å². The summed E-state index contributed by atoms with van der Waals surface area (Å²) in [6.07, 6.45) is 0. The van der Waals surface area contributed by atoms with Crippen molar-refractivity contribution in [3.63, 3.8) is 0 Å². The normalized spacial score (nSPS) is 9.35. The highest BCUT2D eigenvalue weighted by molar-refractivity contribution is 5.98. The first kappa shape index (κ1) is 18.5. The molecule has 0 aromatic heterocycles. The Bertz CT molecular complexity index is 610. The molecule has 0 fully saturated rings. The lowest BCUT2D eigenvalue weighted by atomic mass is 9.90. The second kappa shape index (κ2) is 7.32. The molecule has 20 heavy (non-hydrogen) atoms. The molecule has 0 bridgehead atoms. The maximum Gasteiger partial charge on any atom is 0.249 e. The molecule has 108 valence electrons. The smallest absolute Gasteiger partial charge is 0.249 e. The standard InChI is InChI=1S/C16H17NO.2ClH/c1-10-9-14(13-7-5-4-6-8-13)12(3)15(11(10)2)16(17)18;;/h4-9H,1-3H3,(H2,17,18);2*1H. The first-order chi connectivity index (χ1) is 8.52. The van der Waals surface area contributed by atoms with Gasteiger partial charge in [0.1, 0.15) is 0 Å². The van der Waals surface area contributed by atoms with Gasteiger partial charge in [-0.05, 0) is 48.6 Å². The molecule has 2 N–H and O–H groups in total. The maximum atomic E-state index is 11.6. The second-order valence-corrected chi connectivity index (χ2v) is 4.60. The van der Waals surface area contributed by atoms with Gasteiger partial charge >= 0.3 is 0 Å². The van der Waals surface area contributed by atoms with Crippen molar-refractivity contribution in [2.45, 2.75) is 20.8 Å². The second-order valence-electron chi connectivity index (χ2n) is 4.60. The minimum atomic E-state index is -0.356. The summed E-state index contributed by atoms with van der Waals surface area (Å²) in [7, 11) is 0. The molecular weight excluding hydrogens is 293 g/mol. The predicted octanol–water partition coefficient (Wildman–Crippen LogP) is 4.22. The van der Waals surface area contributed by atoms with Crippen LogP contribution in [-0.4, -0.2) is 5.91 Å². The molecule has 1 amide bonds. The number of primary amides is 1. The molecule has 0 aliphatic carbocycles. The highest BCUT2D eigenvalue weighted by Gasteiger charge is 2.15. The molecule has 0 aliphatic rings. The first-order valence-corrected chi connectivity index (χ1v) is 5.98. The lowest BCUT2D eigenvalue weighted by molar-refractivity contribution is 0.0999. The molecule has 2 aromatic carbocycles. The van der Waals surface area contributed by atoms with Gasteiger partial charge in [0.25, 0.3) is 0 Å². The zero-order valence-corrected chi connectivity index (χ0v) is 13.4. The topological polar surface area (TPSA) is 43.1 Å². The van der Waals surface area contributed by atoms with Gasteiger partial charge in [-0.2, -0.15) is 0 Å². The molecule has 4 heteroatoms. The van der Waals surface area contributed by atoms with Crippen LogP contribution in [0.25, 0.3) is 11.1 Å². The monoisotopic (exact) mass is 311 g/mol. The molecule has 2 rings (SSSR count). The fourth-order valence-electron chi connectivity index (χ4n) is 2.33. The number of aryl methyl sites for hydroxylation is 1. The fourth-order valence-corrected chi connectivity index (χ4v) is 2.33. The van der Waals surface area contributed by atoms with E-state index in [0.29, 0.717) is 5.56 Å². The van der Waals surface area contributed by atoms with Crippen molar-refractivity contribution < 1.29 is 4.79 Å². The molecule has 0 unspecified atom stereocenters. The number of halogens is 2. The van der Waals surface area contributed by atoms with Crippen LogP contribution in [0.15, 0.2) is 36.4 Å². The van der Waals surface area contributed by atoms with Crippen molar-refractivity contribution in [1.82, 2.24) is 0 Å². The van der Waals surface area contributed by atoms with Crippen LogP contribution in [0.3, 0.4) is 0 Å².